The minimum absolute atomic E-state index is 0.0281. The first-order valence-electron chi connectivity index (χ1n) is 11.5. The average Bonchev–Trinajstić information content (AvgIpc) is 2.78. The SMILES string of the molecule is C=C1NC2=C(C(=O)CCC2)C(c2cccc3ccccc23)C1C(=O)OC1CCCCC1. The minimum atomic E-state index is -0.603. The molecule has 0 spiro atoms. The summed E-state index contributed by atoms with van der Waals surface area (Å²) < 4.78 is 6.01. The summed E-state index contributed by atoms with van der Waals surface area (Å²) in [5, 5.41) is 5.51. The summed E-state index contributed by atoms with van der Waals surface area (Å²) >= 11 is 0. The predicted molar refractivity (Wildman–Crippen MR) is 121 cm³/mol. The fraction of sp³-hybridized carbons (Fsp3) is 0.407. The molecule has 31 heavy (non-hydrogen) atoms. The van der Waals surface area contributed by atoms with Gasteiger partial charge in [0.2, 0.25) is 0 Å². The molecule has 0 bridgehead atoms. The first-order chi connectivity index (χ1) is 15.1. The summed E-state index contributed by atoms with van der Waals surface area (Å²) in [7, 11) is 0. The van der Waals surface area contributed by atoms with Crippen LogP contribution in [0.3, 0.4) is 0 Å². The quantitative estimate of drug-likeness (QED) is 0.669. The maximum absolute atomic E-state index is 13.5. The molecule has 1 heterocycles. The number of ether oxygens (including phenoxy) is 1. The highest BCUT2D eigenvalue weighted by molar-refractivity contribution is 6.01. The summed E-state index contributed by atoms with van der Waals surface area (Å²) in [4.78, 5) is 26.7. The Morgan fingerprint density at radius 1 is 0.968 bits per heavy atom. The van der Waals surface area contributed by atoms with Crippen LogP contribution >= 0.6 is 0 Å². The third-order valence-corrected chi connectivity index (χ3v) is 7.03. The Bertz CT molecular complexity index is 1070. The summed E-state index contributed by atoms with van der Waals surface area (Å²) in [5.41, 5.74) is 3.34. The monoisotopic (exact) mass is 415 g/mol. The fourth-order valence-electron chi connectivity index (χ4n) is 5.55. The molecule has 1 aliphatic heterocycles. The number of esters is 1. The van der Waals surface area contributed by atoms with Gasteiger partial charge in [-0.05, 0) is 54.9 Å². The molecule has 2 unspecified atom stereocenters. The first kappa shape index (κ1) is 20.0. The number of Topliss-reactive ketones (excluding diaryl/α,β-unsaturated/α-hetero) is 1. The van der Waals surface area contributed by atoms with Crippen LogP contribution < -0.4 is 5.32 Å². The Kier molecular flexibility index (Phi) is 5.39. The number of allylic oxidation sites excluding steroid dienone is 2. The Morgan fingerprint density at radius 2 is 1.74 bits per heavy atom. The zero-order valence-electron chi connectivity index (χ0n) is 17.9. The molecule has 0 amide bonds. The van der Waals surface area contributed by atoms with Gasteiger partial charge in [-0.15, -0.1) is 0 Å². The number of ketones is 1. The van der Waals surface area contributed by atoms with Crippen LogP contribution in [0.15, 0.2) is 66.0 Å². The van der Waals surface area contributed by atoms with E-state index in [1.807, 2.05) is 18.2 Å². The van der Waals surface area contributed by atoms with E-state index in [2.05, 4.69) is 36.2 Å². The Morgan fingerprint density at radius 3 is 2.58 bits per heavy atom. The van der Waals surface area contributed by atoms with Crippen LogP contribution in [0.25, 0.3) is 10.8 Å². The van der Waals surface area contributed by atoms with Crippen molar-refractivity contribution in [1.82, 2.24) is 5.32 Å². The van der Waals surface area contributed by atoms with E-state index in [4.69, 9.17) is 4.74 Å². The fourth-order valence-corrected chi connectivity index (χ4v) is 5.55. The number of carbonyl (C=O) groups excluding carboxylic acids is 2. The van der Waals surface area contributed by atoms with Gasteiger partial charge in [0.05, 0.1) is 0 Å². The lowest BCUT2D eigenvalue weighted by Crippen LogP contribution is -2.42. The average molecular weight is 416 g/mol. The van der Waals surface area contributed by atoms with E-state index >= 15 is 0 Å². The lowest BCUT2D eigenvalue weighted by Gasteiger charge is -2.39. The number of hydrogen-bond acceptors (Lipinski definition) is 4. The molecule has 1 N–H and O–H groups in total. The largest absolute Gasteiger partial charge is 0.462 e. The summed E-state index contributed by atoms with van der Waals surface area (Å²) in [6.45, 7) is 4.22. The van der Waals surface area contributed by atoms with E-state index in [-0.39, 0.29) is 23.8 Å². The smallest absolute Gasteiger partial charge is 0.316 e. The molecule has 1 fully saturated rings. The van der Waals surface area contributed by atoms with Crippen LogP contribution in [0.2, 0.25) is 0 Å². The van der Waals surface area contributed by atoms with E-state index < -0.39 is 5.92 Å². The zero-order chi connectivity index (χ0) is 21.4. The Labute approximate surface area is 183 Å². The van der Waals surface area contributed by atoms with Crippen molar-refractivity contribution in [2.45, 2.75) is 63.4 Å². The van der Waals surface area contributed by atoms with Crippen LogP contribution in [-0.2, 0) is 14.3 Å². The summed E-state index contributed by atoms with van der Waals surface area (Å²) in [6.07, 6.45) is 7.38. The van der Waals surface area contributed by atoms with Gasteiger partial charge in [0.1, 0.15) is 12.0 Å². The van der Waals surface area contributed by atoms with Crippen LogP contribution in [0.4, 0.5) is 0 Å². The molecular formula is C27H29NO3. The number of benzene rings is 2. The Hall–Kier alpha value is -2.88. The van der Waals surface area contributed by atoms with Gasteiger partial charge in [0.25, 0.3) is 0 Å². The highest BCUT2D eigenvalue weighted by Crippen LogP contribution is 2.46. The van der Waals surface area contributed by atoms with Crippen molar-refractivity contribution in [3.8, 4) is 0 Å². The number of nitrogens with one attached hydrogen (secondary N) is 1. The molecule has 4 nitrogen and oxygen atoms in total. The molecule has 4 heteroatoms. The van der Waals surface area contributed by atoms with E-state index in [1.165, 1.54) is 6.42 Å². The van der Waals surface area contributed by atoms with Gasteiger partial charge in [0, 0.05) is 29.3 Å². The zero-order valence-corrected chi connectivity index (χ0v) is 17.9. The predicted octanol–water partition coefficient (Wildman–Crippen LogP) is 5.54. The van der Waals surface area contributed by atoms with E-state index in [9.17, 15) is 9.59 Å². The van der Waals surface area contributed by atoms with E-state index in [0.717, 1.165) is 66.1 Å². The van der Waals surface area contributed by atoms with Gasteiger partial charge in [-0.3, -0.25) is 9.59 Å². The van der Waals surface area contributed by atoms with Gasteiger partial charge >= 0.3 is 5.97 Å². The van der Waals surface area contributed by atoms with Crippen LogP contribution in [0.1, 0.15) is 62.8 Å². The molecule has 2 aliphatic carbocycles. The molecule has 5 rings (SSSR count). The molecule has 0 aromatic heterocycles. The number of rotatable bonds is 3. The van der Waals surface area contributed by atoms with Crippen molar-refractivity contribution in [3.05, 3.63) is 71.6 Å². The van der Waals surface area contributed by atoms with Crippen LogP contribution in [-0.4, -0.2) is 17.9 Å². The second kappa shape index (κ2) is 8.33. The lowest BCUT2D eigenvalue weighted by atomic mass is 9.70. The van der Waals surface area contributed by atoms with Gasteiger partial charge in [-0.1, -0.05) is 55.5 Å². The highest BCUT2D eigenvalue weighted by atomic mass is 16.5. The molecule has 160 valence electrons. The lowest BCUT2D eigenvalue weighted by molar-refractivity contribution is -0.154. The molecule has 2 atom stereocenters. The van der Waals surface area contributed by atoms with Crippen LogP contribution in [0, 0.1) is 5.92 Å². The van der Waals surface area contributed by atoms with Gasteiger partial charge in [-0.2, -0.15) is 0 Å². The number of hydrogen-bond donors (Lipinski definition) is 1. The maximum Gasteiger partial charge on any atom is 0.316 e. The molecule has 3 aliphatic rings. The normalized spacial score (nSPS) is 24.6. The van der Waals surface area contributed by atoms with Crippen LogP contribution in [0.5, 0.6) is 0 Å². The minimum Gasteiger partial charge on any atom is -0.462 e. The first-order valence-corrected chi connectivity index (χ1v) is 11.5. The van der Waals surface area contributed by atoms with Crippen molar-refractivity contribution in [1.29, 1.82) is 0 Å². The van der Waals surface area contributed by atoms with Crippen molar-refractivity contribution in [2.24, 2.45) is 5.92 Å². The van der Waals surface area contributed by atoms with Gasteiger partial charge < -0.3 is 10.1 Å². The van der Waals surface area contributed by atoms with Gasteiger partial charge in [-0.25, -0.2) is 0 Å². The molecular weight excluding hydrogens is 386 g/mol. The molecule has 0 saturated heterocycles. The van der Waals surface area contributed by atoms with Crippen molar-refractivity contribution in [3.63, 3.8) is 0 Å². The number of carbonyl (C=O) groups is 2. The summed E-state index contributed by atoms with van der Waals surface area (Å²) in [5.74, 6) is -1.09. The third kappa shape index (κ3) is 3.69. The highest BCUT2D eigenvalue weighted by Gasteiger charge is 2.44. The number of fused-ring (bicyclic) bond motifs is 1. The summed E-state index contributed by atoms with van der Waals surface area (Å²) in [6, 6.07) is 14.3. The van der Waals surface area contributed by atoms with E-state index in [1.54, 1.807) is 0 Å². The standard InChI is InChI=1S/C27H29NO3/c1-17-24(27(30)31-19-11-3-2-4-12-19)25(26-22(28-17)15-8-16-23(26)29)21-14-7-10-18-9-5-6-13-20(18)21/h5-7,9-10,13-14,19,24-25,28H,1-4,8,11-12,15-16H2. The molecule has 1 saturated carbocycles. The van der Waals surface area contributed by atoms with E-state index in [0.29, 0.717) is 12.1 Å². The Balaban J connectivity index is 1.62. The molecule has 0 radical (unpaired) electrons. The topological polar surface area (TPSA) is 55.4 Å². The molecule has 2 aromatic carbocycles. The third-order valence-electron chi connectivity index (χ3n) is 7.03. The van der Waals surface area contributed by atoms with Crippen molar-refractivity contribution < 1.29 is 14.3 Å². The van der Waals surface area contributed by atoms with Gasteiger partial charge in [0.15, 0.2) is 5.78 Å². The van der Waals surface area contributed by atoms with Crippen molar-refractivity contribution >= 4 is 22.5 Å². The second-order valence-corrected chi connectivity index (χ2v) is 9.04. The molecule has 2 aromatic rings. The van der Waals surface area contributed by atoms with Crippen molar-refractivity contribution in [2.75, 3.05) is 0 Å². The second-order valence-electron chi connectivity index (χ2n) is 9.04. The maximum atomic E-state index is 13.5.